The molecule has 37 nitrogen and oxygen atoms in total. The van der Waals surface area contributed by atoms with E-state index in [0.29, 0.717) is 129 Å². The van der Waals surface area contributed by atoms with Gasteiger partial charge in [-0.1, -0.05) is 39.9 Å². The summed E-state index contributed by atoms with van der Waals surface area (Å²) >= 11 is 9.06. The van der Waals surface area contributed by atoms with Crippen molar-refractivity contribution >= 4 is 152 Å². The van der Waals surface area contributed by atoms with Crippen molar-refractivity contribution in [3.8, 4) is 5.69 Å². The van der Waals surface area contributed by atoms with Gasteiger partial charge in [-0.25, -0.2) is 73.1 Å². The van der Waals surface area contributed by atoms with Gasteiger partial charge in [-0.15, -0.1) is 10.2 Å². The summed E-state index contributed by atoms with van der Waals surface area (Å²) < 4.78 is 143. The minimum absolute atomic E-state index is 0.00645. The first-order valence-corrected chi connectivity index (χ1v) is 45.7. The van der Waals surface area contributed by atoms with E-state index in [9.17, 15) is 93.9 Å². The van der Waals surface area contributed by atoms with Crippen LogP contribution in [0.2, 0.25) is 5.02 Å². The number of nitrogens with two attached hydrogens (primary N) is 4. The number of alkyl halides is 1. The van der Waals surface area contributed by atoms with Crippen molar-refractivity contribution < 1.29 is 92.4 Å². The minimum atomic E-state index is -3.61. The molecule has 8 fully saturated rings. The van der Waals surface area contributed by atoms with Crippen molar-refractivity contribution in [1.82, 2.24) is 43.3 Å². The highest BCUT2D eigenvalue weighted by Gasteiger charge is 2.56. The van der Waals surface area contributed by atoms with E-state index in [-0.39, 0.29) is 141 Å². The molecule has 13 heterocycles. The Morgan fingerprint density at radius 3 is 1.83 bits per heavy atom. The van der Waals surface area contributed by atoms with Crippen LogP contribution in [0.15, 0.2) is 139 Å². The van der Waals surface area contributed by atoms with Crippen LogP contribution in [0.5, 0.6) is 0 Å². The van der Waals surface area contributed by atoms with Crippen molar-refractivity contribution in [1.29, 1.82) is 0 Å². The number of sulfonamides is 1. The second kappa shape index (κ2) is 36.1. The average Bonchev–Trinajstić information content (AvgIpc) is 0.987. The highest BCUT2D eigenvalue weighted by Crippen LogP contribution is 2.55. The van der Waals surface area contributed by atoms with E-state index < -0.39 is 120 Å². The van der Waals surface area contributed by atoms with Gasteiger partial charge in [0.1, 0.15) is 75.2 Å². The molecule has 12 aromatic rings. The number of aromatic nitrogens is 8. The Hall–Kier alpha value is -13.3. The molecule has 4 saturated heterocycles. The third-order valence-electron chi connectivity index (χ3n) is 25.4. The maximum atomic E-state index is 15.0. The molecule has 9 aliphatic rings. The van der Waals surface area contributed by atoms with Crippen molar-refractivity contribution in [3.05, 3.63) is 222 Å². The van der Waals surface area contributed by atoms with Gasteiger partial charge in [0.05, 0.1) is 89.4 Å². The Balaban J connectivity index is 0.000000119. The normalized spacial score (nSPS) is 20.9. The van der Waals surface area contributed by atoms with Gasteiger partial charge in [0.2, 0.25) is 26.8 Å². The lowest BCUT2D eigenvalue weighted by molar-refractivity contribution is 0.0679. The van der Waals surface area contributed by atoms with E-state index in [1.165, 1.54) is 65.2 Å². The number of piperazine rings is 1. The molecule has 2 unspecified atom stereocenters. The number of carboxylic acids is 4. The molecule has 4 saturated carbocycles. The number of nitrogens with one attached hydrogen (secondary N) is 1. The number of fused-ring (bicyclic) bond motifs is 7. The number of halogens is 8. The number of nitrogen functional groups attached to an aromatic ring is 1. The number of anilines is 6. The van der Waals surface area contributed by atoms with Gasteiger partial charge in [0, 0.05) is 137 Å². The van der Waals surface area contributed by atoms with Crippen LogP contribution in [0, 0.1) is 71.9 Å². The third-order valence-corrected chi connectivity index (χ3v) is 29.1. The molecule has 8 aromatic heterocycles. The van der Waals surface area contributed by atoms with E-state index in [1.807, 2.05) is 11.8 Å². The summed E-state index contributed by atoms with van der Waals surface area (Å²) in [6, 6.07) is 13.9. The quantitative estimate of drug-likeness (QED) is 0.0219. The van der Waals surface area contributed by atoms with E-state index in [0.717, 1.165) is 79.0 Å². The lowest BCUT2D eigenvalue weighted by Gasteiger charge is -2.37. The molecule has 4 aliphatic carbocycles. The van der Waals surface area contributed by atoms with Gasteiger partial charge in [0.15, 0.2) is 34.7 Å². The van der Waals surface area contributed by atoms with E-state index in [4.69, 9.17) is 48.2 Å². The van der Waals surface area contributed by atoms with Crippen molar-refractivity contribution in [2.24, 2.45) is 45.5 Å². The van der Waals surface area contributed by atoms with Crippen molar-refractivity contribution in [3.63, 3.8) is 0 Å². The Kier molecular flexibility index (Phi) is 25.0. The number of benzene rings is 4. The Morgan fingerprint density at radius 2 is 1.27 bits per heavy atom. The summed E-state index contributed by atoms with van der Waals surface area (Å²) in [7, 11) is -2.18. The number of piperidine rings is 1. The summed E-state index contributed by atoms with van der Waals surface area (Å²) in [6.45, 7) is 11.2. The first-order valence-electron chi connectivity index (χ1n) is 42.2. The fraction of sp³-hybridized carbons (Fsp3) is 0.356. The van der Waals surface area contributed by atoms with Crippen LogP contribution < -0.4 is 74.8 Å². The van der Waals surface area contributed by atoms with Crippen LogP contribution in [0.4, 0.5) is 64.6 Å². The molecular formula is C87H83ClF7N19O18S3. The molecule has 135 heavy (non-hydrogen) atoms. The molecule has 5 aliphatic heterocycles. The summed E-state index contributed by atoms with van der Waals surface area (Å²) in [4.78, 5) is 131. The number of carbonyl (C=O) groups is 4. The van der Waals surface area contributed by atoms with Crippen LogP contribution in [0.25, 0.3) is 49.6 Å². The molecular weight excluding hydrogens is 1860 g/mol. The van der Waals surface area contributed by atoms with E-state index in [1.54, 1.807) is 43.7 Å². The fourth-order valence-corrected chi connectivity index (χ4v) is 21.1. The zero-order chi connectivity index (χ0) is 96.5. The second-order valence-electron chi connectivity index (χ2n) is 34.1. The van der Waals surface area contributed by atoms with Crippen LogP contribution >= 0.6 is 34.7 Å². The van der Waals surface area contributed by atoms with E-state index >= 15 is 8.78 Å². The predicted octanol–water partition coefficient (Wildman–Crippen LogP) is 9.43. The molecule has 0 amide bonds. The van der Waals surface area contributed by atoms with Gasteiger partial charge >= 0.3 is 29.7 Å². The summed E-state index contributed by atoms with van der Waals surface area (Å²) in [6.07, 6.45) is 6.04. The van der Waals surface area contributed by atoms with Crippen LogP contribution in [0.3, 0.4) is 0 Å². The standard InChI is InChI=1S/C21H20FN3O6S.C20H15F3N4O3.C19H18ClF2N3O3.C18H20FN5O4.C9H10N4O2S2/c1-10-16(31-21(29)30-10)9-23-3-5-24(6-4-23)15-8-14-12(7-13(15)22)18(26)17(20(27)28)19-25(14)11(2)32-19;21-8-1-2-15(13(22)3-8)27-7-12(20(29)30)17(28)9-4-14(23)19(25-18(9)27)26-5-10-11(6-26)16(10)24;20-14-15-8(17(26)9(18(27)28)5-25(15)12-4-10(12)21)3-11(22)16(14)24-6-13(23)19(7-24)1-2-19;1-28-22-14-8-23(6-9(14)5-20)17-13(19)4-11-15(25)12(18(26)27)7-24(10-2-3-10)16(11)21-17;1-6-11-12-9(16-6)13-17(14,15)8-4-2-7(10)3-5-8/h7-8,11H,3-6,9H2,1-2H3,(H,27,28);1-4,7,10-11,16H,5-6,24H2,(H,29,30);3,5,10,12-13H,1-2,4,6-7,23H2,(H,27,28);4,7,9-10H,2-3,5-6,8,20H2,1H3,(H,26,27);2-5H,10H2,1H3,(H,12,13)/b;;;22-14+;/t;10-,11+,16+;10-,12+,13+;;/m..0../s1. The highest BCUT2D eigenvalue weighted by molar-refractivity contribution is 8.00. The first kappa shape index (κ1) is 93.5. The molecule has 21 rings (SSSR count). The summed E-state index contributed by atoms with van der Waals surface area (Å²) in [5.41, 5.74) is 20.7. The number of aromatic carboxylic acids is 4. The molecule has 48 heteroatoms. The average molecular weight is 1950 g/mol. The van der Waals surface area contributed by atoms with Gasteiger partial charge in [-0.05, 0) is 125 Å². The predicted molar refractivity (Wildman–Crippen MR) is 484 cm³/mol. The van der Waals surface area contributed by atoms with Crippen LogP contribution in [0.1, 0.15) is 114 Å². The maximum absolute atomic E-state index is 15.0. The van der Waals surface area contributed by atoms with Gasteiger partial charge < -0.3 is 90.3 Å². The summed E-state index contributed by atoms with van der Waals surface area (Å²) in [5, 5.41) is 49.7. The molecule has 1 spiro atoms. The largest absolute Gasteiger partial charge is 0.519 e. The molecule has 708 valence electrons. The summed E-state index contributed by atoms with van der Waals surface area (Å²) in [5.74, 6) is -9.53. The van der Waals surface area contributed by atoms with Gasteiger partial charge in [-0.3, -0.25) is 33.4 Å². The lowest BCUT2D eigenvalue weighted by Crippen LogP contribution is -2.46. The number of carboxylic acid groups (broad SMARTS) is 4. The van der Waals surface area contributed by atoms with Crippen molar-refractivity contribution in [2.75, 3.05) is 109 Å². The van der Waals surface area contributed by atoms with Gasteiger partial charge in [-0.2, -0.15) is 0 Å². The SMILES string of the molecule is CO/N=C1\CN(c2nc3c(cc2F)c(=O)c(C(=O)O)cn3C2CC2)CC1CN.Cc1nnc(NS(=O)(=O)c2ccc(N)cc2)s1.Cc1oc(=O)oc1CN1CCN(c2cc3c(cc2F)c(=O)c(C(=O)O)c2n3C(C)S2)CC1.N[C@@H]1CN(c2c(F)cc3c(=O)c(C(=O)O)cn([C@@H]4C[C@@H]4F)c3c2Cl)CC12CC2.N[C@@H]1[C@H]2CN(c3nc4c(cc3F)c(=O)c(C(=O)O)cn4-c3ccc(F)cc3F)C[C@@H]12. The molecule has 8 atom stereocenters. The third kappa shape index (κ3) is 18.0. The first-order chi connectivity index (χ1) is 64.1. The van der Waals surface area contributed by atoms with E-state index in [2.05, 4.69) is 34.9 Å². The maximum Gasteiger partial charge on any atom is 0.519 e. The topological polar surface area (TPSA) is 520 Å². The number of thioether (sulfide) groups is 1. The number of pyridine rings is 6. The number of oxime groups is 1. The number of hydrogen-bond acceptors (Lipinski definition) is 30. The van der Waals surface area contributed by atoms with Crippen LogP contribution in [-0.2, 0) is 21.4 Å². The zero-order valence-electron chi connectivity index (χ0n) is 71.7. The smallest absolute Gasteiger partial charge is 0.477 e. The second-order valence-corrected chi connectivity index (χ2v) is 38.6. The Labute approximate surface area is 770 Å². The fourth-order valence-electron chi connectivity index (χ4n) is 17.7. The molecule has 0 bridgehead atoms. The molecule has 4 aromatic carbocycles. The van der Waals surface area contributed by atoms with Gasteiger partial charge in [0.25, 0.3) is 10.0 Å². The molecule has 0 radical (unpaired) electrons. The number of aryl methyl sites for hydroxylation is 2. The van der Waals surface area contributed by atoms with Crippen molar-refractivity contribution in [2.45, 2.75) is 105 Å². The number of hydrogen-bond donors (Lipinski definition) is 9. The van der Waals surface area contributed by atoms with Crippen LogP contribution in [-0.4, -0.2) is 199 Å². The Morgan fingerprint density at radius 1 is 0.681 bits per heavy atom. The lowest BCUT2D eigenvalue weighted by atomic mass is 10.0. The monoisotopic (exact) mass is 1950 g/mol. The zero-order valence-corrected chi connectivity index (χ0v) is 74.9. The highest BCUT2D eigenvalue weighted by atomic mass is 35.5. The number of rotatable bonds is 18. The minimum Gasteiger partial charge on any atom is -0.477 e. The number of nitrogens with zero attached hydrogens (tertiary/aromatic N) is 14. The Bertz CT molecular complexity index is 7400. The molecule has 13 N–H and O–H groups in total.